The molecule has 2 aromatic rings. The largest absolute Gasteiger partial charge is 0.286 e. The van der Waals surface area contributed by atoms with Crippen molar-refractivity contribution < 1.29 is 13.0 Å². The van der Waals surface area contributed by atoms with Crippen molar-refractivity contribution >= 4 is 50.4 Å². The fraction of sp³-hybridized carbons (Fsp3) is 0.231. The van der Waals surface area contributed by atoms with Gasteiger partial charge in [-0.1, -0.05) is 42.5 Å². The second-order valence-electron chi connectivity index (χ2n) is 4.03. The number of aryl methyl sites for hydroxylation is 1. The summed E-state index contributed by atoms with van der Waals surface area (Å²) in [5.41, 5.74) is 1.12. The zero-order chi connectivity index (χ0) is 12.3. The Morgan fingerprint density at radius 3 is 2.39 bits per heavy atom. The van der Waals surface area contributed by atoms with Crippen molar-refractivity contribution in [1.82, 2.24) is 0 Å². The predicted octanol–water partition coefficient (Wildman–Crippen LogP) is 2.28. The molecule has 0 aromatic heterocycles. The van der Waals surface area contributed by atoms with E-state index in [0.29, 0.717) is 12.8 Å². The van der Waals surface area contributed by atoms with E-state index >= 15 is 0 Å². The molecule has 0 saturated carbocycles. The number of hydrogen-bond donors (Lipinski definition) is 1. The minimum Gasteiger partial charge on any atom is -0.286 e. The number of rotatable bonds is 4. The Balaban J connectivity index is 0.00000162. The maximum atomic E-state index is 10.6. The molecular weight excluding hydrogens is 259 g/mol. The summed E-state index contributed by atoms with van der Waals surface area (Å²) >= 11 is 0. The number of hydrogen-bond acceptors (Lipinski definition) is 2. The fourth-order valence-electron chi connectivity index (χ4n) is 1.96. The summed E-state index contributed by atoms with van der Waals surface area (Å²) in [4.78, 5) is 0. The van der Waals surface area contributed by atoms with E-state index in [4.69, 9.17) is 4.55 Å². The van der Waals surface area contributed by atoms with E-state index in [2.05, 4.69) is 0 Å². The monoisotopic (exact) mass is 273 g/mol. The van der Waals surface area contributed by atoms with Gasteiger partial charge < -0.3 is 0 Å². The first-order chi connectivity index (χ1) is 8.06. The Morgan fingerprint density at radius 2 is 1.67 bits per heavy atom. The van der Waals surface area contributed by atoms with Gasteiger partial charge in [0.1, 0.15) is 0 Å². The molecule has 3 nitrogen and oxygen atoms in total. The first kappa shape index (κ1) is 15.7. The molecule has 2 aromatic carbocycles. The van der Waals surface area contributed by atoms with E-state index < -0.39 is 10.1 Å². The van der Waals surface area contributed by atoms with Crippen molar-refractivity contribution in [3.05, 3.63) is 48.0 Å². The summed E-state index contributed by atoms with van der Waals surface area (Å²) < 4.78 is 30.0. The van der Waals surface area contributed by atoms with Crippen LogP contribution in [0.3, 0.4) is 0 Å². The van der Waals surface area contributed by atoms with Gasteiger partial charge in [-0.2, -0.15) is 8.42 Å². The van der Waals surface area contributed by atoms with Crippen LogP contribution >= 0.6 is 0 Å². The van der Waals surface area contributed by atoms with Crippen LogP contribution in [-0.2, 0) is 16.5 Å². The normalized spacial score (nSPS) is 11.2. The topological polar surface area (TPSA) is 54.4 Å². The van der Waals surface area contributed by atoms with Crippen molar-refractivity contribution in [2.24, 2.45) is 0 Å². The van der Waals surface area contributed by atoms with Crippen molar-refractivity contribution in [3.63, 3.8) is 0 Å². The summed E-state index contributed by atoms with van der Waals surface area (Å²) in [5, 5.41) is 2.29. The standard InChI is InChI=1S/C13H14O3S.Na/c14-17(15,16)10-4-8-12-7-3-6-11-5-1-2-9-13(11)12;/h1-3,5-7,9H,4,8,10H2,(H,14,15,16);. The molecule has 0 saturated heterocycles. The quantitative estimate of drug-likeness (QED) is 0.687. The van der Waals surface area contributed by atoms with Gasteiger partial charge in [-0.15, -0.1) is 0 Å². The molecular formula is C13H14NaO3S. The Kier molecular flexibility index (Phi) is 5.82. The van der Waals surface area contributed by atoms with E-state index in [-0.39, 0.29) is 35.3 Å². The second-order valence-corrected chi connectivity index (χ2v) is 5.60. The SMILES string of the molecule is O=S(=O)(O)CCCc1cccc2ccccc12.[Na]. The molecule has 0 aliphatic carbocycles. The summed E-state index contributed by atoms with van der Waals surface area (Å²) in [5.74, 6) is -0.184. The second kappa shape index (κ2) is 6.68. The molecule has 5 heteroatoms. The molecule has 0 heterocycles. The van der Waals surface area contributed by atoms with Crippen LogP contribution in [0.15, 0.2) is 42.5 Å². The van der Waals surface area contributed by atoms with Crippen LogP contribution in [0, 0.1) is 0 Å². The van der Waals surface area contributed by atoms with Crippen LogP contribution in [0.1, 0.15) is 12.0 Å². The van der Waals surface area contributed by atoms with E-state index in [9.17, 15) is 8.42 Å². The summed E-state index contributed by atoms with van der Waals surface area (Å²) in [7, 11) is -3.85. The van der Waals surface area contributed by atoms with E-state index in [1.165, 1.54) is 0 Å². The van der Waals surface area contributed by atoms with E-state index in [1.807, 2.05) is 42.5 Å². The molecule has 0 aliphatic heterocycles. The summed E-state index contributed by atoms with van der Waals surface area (Å²) in [6.45, 7) is 0. The molecule has 1 N–H and O–H groups in total. The smallest absolute Gasteiger partial charge is 0.264 e. The minimum atomic E-state index is -3.85. The van der Waals surface area contributed by atoms with Crippen LogP contribution in [0.25, 0.3) is 10.8 Å². The molecule has 0 amide bonds. The van der Waals surface area contributed by atoms with Crippen LogP contribution in [0.5, 0.6) is 0 Å². The fourth-order valence-corrected chi connectivity index (χ4v) is 2.46. The molecule has 18 heavy (non-hydrogen) atoms. The maximum absolute atomic E-state index is 10.6. The summed E-state index contributed by atoms with van der Waals surface area (Å²) in [6.07, 6.45) is 1.09. The van der Waals surface area contributed by atoms with Crippen LogP contribution in [-0.4, -0.2) is 48.3 Å². The Labute approximate surface area is 129 Å². The third-order valence-corrected chi connectivity index (χ3v) is 3.53. The molecule has 0 bridgehead atoms. The number of benzene rings is 2. The average Bonchev–Trinajstić information content (AvgIpc) is 2.28. The van der Waals surface area contributed by atoms with E-state index in [0.717, 1.165) is 16.3 Å². The van der Waals surface area contributed by atoms with Crippen LogP contribution < -0.4 is 0 Å². The Morgan fingerprint density at radius 1 is 1.00 bits per heavy atom. The van der Waals surface area contributed by atoms with Gasteiger partial charge >= 0.3 is 0 Å². The van der Waals surface area contributed by atoms with Gasteiger partial charge in [0.25, 0.3) is 10.1 Å². The van der Waals surface area contributed by atoms with Gasteiger partial charge in [0.15, 0.2) is 0 Å². The molecule has 0 atom stereocenters. The van der Waals surface area contributed by atoms with E-state index in [1.54, 1.807) is 0 Å². The van der Waals surface area contributed by atoms with Gasteiger partial charge in [0, 0.05) is 29.6 Å². The first-order valence-corrected chi connectivity index (χ1v) is 7.09. The summed E-state index contributed by atoms with van der Waals surface area (Å²) in [6, 6.07) is 14.0. The first-order valence-electron chi connectivity index (χ1n) is 5.48. The van der Waals surface area contributed by atoms with Crippen LogP contribution in [0.4, 0.5) is 0 Å². The predicted molar refractivity (Wildman–Crippen MR) is 74.4 cm³/mol. The van der Waals surface area contributed by atoms with Gasteiger partial charge in [-0.3, -0.25) is 4.55 Å². The molecule has 91 valence electrons. The van der Waals surface area contributed by atoms with Gasteiger partial charge in [-0.25, -0.2) is 0 Å². The third-order valence-electron chi connectivity index (χ3n) is 2.73. The van der Waals surface area contributed by atoms with Crippen molar-refractivity contribution in [3.8, 4) is 0 Å². The average molecular weight is 273 g/mol. The molecule has 0 spiro atoms. The molecule has 1 radical (unpaired) electrons. The Hall–Kier alpha value is -0.390. The molecule has 0 aliphatic rings. The van der Waals surface area contributed by atoms with Crippen molar-refractivity contribution in [1.29, 1.82) is 0 Å². The van der Waals surface area contributed by atoms with Gasteiger partial charge in [0.2, 0.25) is 0 Å². The molecule has 0 fully saturated rings. The Bertz CT molecular complexity index is 618. The van der Waals surface area contributed by atoms with Gasteiger partial charge in [-0.05, 0) is 29.2 Å². The minimum absolute atomic E-state index is 0. The maximum Gasteiger partial charge on any atom is 0.264 e. The number of fused-ring (bicyclic) bond motifs is 1. The van der Waals surface area contributed by atoms with Crippen molar-refractivity contribution in [2.45, 2.75) is 12.8 Å². The third kappa shape index (κ3) is 4.37. The molecule has 0 unspecified atom stereocenters. The zero-order valence-corrected chi connectivity index (χ0v) is 13.2. The van der Waals surface area contributed by atoms with Gasteiger partial charge in [0.05, 0.1) is 5.75 Å². The zero-order valence-electron chi connectivity index (χ0n) is 10.3. The molecule has 2 rings (SSSR count). The van der Waals surface area contributed by atoms with Crippen LogP contribution in [0.2, 0.25) is 0 Å². The van der Waals surface area contributed by atoms with Crippen molar-refractivity contribution in [2.75, 3.05) is 5.75 Å².